The van der Waals surface area contributed by atoms with Gasteiger partial charge in [0.15, 0.2) is 0 Å². The number of pyridine rings is 1. The van der Waals surface area contributed by atoms with Crippen molar-refractivity contribution in [1.29, 1.82) is 0 Å². The van der Waals surface area contributed by atoms with E-state index in [1.807, 2.05) is 12.3 Å². The lowest BCUT2D eigenvalue weighted by molar-refractivity contribution is -0.118. The topological polar surface area (TPSA) is 30.0 Å². The van der Waals surface area contributed by atoms with Gasteiger partial charge in [0.25, 0.3) is 0 Å². The Bertz CT molecular complexity index is 339. The molecule has 0 saturated heterocycles. The van der Waals surface area contributed by atoms with Gasteiger partial charge >= 0.3 is 0 Å². The zero-order chi connectivity index (χ0) is 11.4. The third-order valence-corrected chi connectivity index (χ3v) is 3.53. The van der Waals surface area contributed by atoms with Gasteiger partial charge in [-0.1, -0.05) is 6.07 Å². The number of rotatable bonds is 3. The number of hydrogen-bond donors (Lipinski definition) is 0. The number of Topliss-reactive ketones (excluding diaryl/α,β-unsaturated/α-hetero) is 1. The molecular weight excluding hydrogens is 198 g/mol. The van der Waals surface area contributed by atoms with Crippen LogP contribution in [0.1, 0.15) is 50.6 Å². The van der Waals surface area contributed by atoms with Crippen LogP contribution in [0.4, 0.5) is 0 Å². The fourth-order valence-electron chi connectivity index (χ4n) is 2.69. The second-order valence-corrected chi connectivity index (χ2v) is 4.88. The molecule has 16 heavy (non-hydrogen) atoms. The van der Waals surface area contributed by atoms with Gasteiger partial charge in [0.1, 0.15) is 5.78 Å². The highest BCUT2D eigenvalue weighted by Crippen LogP contribution is 2.36. The molecule has 2 rings (SSSR count). The third-order valence-electron chi connectivity index (χ3n) is 3.53. The molecule has 2 heteroatoms. The summed E-state index contributed by atoms with van der Waals surface area (Å²) in [5.41, 5.74) is 1.23. The quantitative estimate of drug-likeness (QED) is 0.777. The standard InChI is InChI=1S/C14H19NO/c1-11(16)10-12-5-7-13(8-6-12)14-4-2-3-9-15-14/h2-4,9,12-13H,5-8,10H2,1H3. The molecule has 1 fully saturated rings. The van der Waals surface area contributed by atoms with Crippen LogP contribution in [-0.4, -0.2) is 10.8 Å². The maximum Gasteiger partial charge on any atom is 0.130 e. The second-order valence-electron chi connectivity index (χ2n) is 4.88. The zero-order valence-electron chi connectivity index (χ0n) is 9.86. The minimum Gasteiger partial charge on any atom is -0.300 e. The number of aromatic nitrogens is 1. The van der Waals surface area contributed by atoms with Crippen LogP contribution < -0.4 is 0 Å². The molecule has 0 spiro atoms. The summed E-state index contributed by atoms with van der Waals surface area (Å²) in [5, 5.41) is 0. The second kappa shape index (κ2) is 5.24. The Morgan fingerprint density at radius 3 is 2.62 bits per heavy atom. The van der Waals surface area contributed by atoms with Gasteiger partial charge in [-0.2, -0.15) is 0 Å². The van der Waals surface area contributed by atoms with Crippen LogP contribution in [0.3, 0.4) is 0 Å². The molecular formula is C14H19NO. The van der Waals surface area contributed by atoms with E-state index in [1.54, 1.807) is 6.92 Å². The Kier molecular flexibility index (Phi) is 3.70. The first-order valence-corrected chi connectivity index (χ1v) is 6.16. The lowest BCUT2D eigenvalue weighted by atomic mass is 9.78. The van der Waals surface area contributed by atoms with E-state index in [0.717, 1.165) is 6.42 Å². The van der Waals surface area contributed by atoms with Crippen molar-refractivity contribution >= 4 is 5.78 Å². The molecule has 0 aromatic carbocycles. The average Bonchev–Trinajstić information content (AvgIpc) is 2.30. The highest BCUT2D eigenvalue weighted by atomic mass is 16.1. The van der Waals surface area contributed by atoms with E-state index in [1.165, 1.54) is 31.4 Å². The molecule has 1 heterocycles. The molecule has 0 amide bonds. The van der Waals surface area contributed by atoms with Gasteiger partial charge < -0.3 is 4.79 Å². The van der Waals surface area contributed by atoms with Gasteiger partial charge in [-0.3, -0.25) is 4.98 Å². The summed E-state index contributed by atoms with van der Waals surface area (Å²) in [6.07, 6.45) is 7.39. The van der Waals surface area contributed by atoms with Crippen LogP contribution in [0.2, 0.25) is 0 Å². The molecule has 0 radical (unpaired) electrons. The third kappa shape index (κ3) is 2.91. The van der Waals surface area contributed by atoms with Crippen molar-refractivity contribution in [1.82, 2.24) is 4.98 Å². The largest absolute Gasteiger partial charge is 0.300 e. The molecule has 0 N–H and O–H groups in total. The summed E-state index contributed by atoms with van der Waals surface area (Å²) < 4.78 is 0. The van der Waals surface area contributed by atoms with E-state index in [2.05, 4.69) is 17.1 Å². The fourth-order valence-corrected chi connectivity index (χ4v) is 2.69. The monoisotopic (exact) mass is 217 g/mol. The summed E-state index contributed by atoms with van der Waals surface area (Å²) in [7, 11) is 0. The van der Waals surface area contributed by atoms with E-state index in [4.69, 9.17) is 0 Å². The lowest BCUT2D eigenvalue weighted by Gasteiger charge is -2.27. The van der Waals surface area contributed by atoms with Gasteiger partial charge in [0, 0.05) is 24.2 Å². The van der Waals surface area contributed by atoms with E-state index >= 15 is 0 Å². The number of hydrogen-bond acceptors (Lipinski definition) is 2. The predicted molar refractivity (Wildman–Crippen MR) is 64.2 cm³/mol. The van der Waals surface area contributed by atoms with Gasteiger partial charge in [-0.05, 0) is 50.7 Å². The highest BCUT2D eigenvalue weighted by molar-refractivity contribution is 5.75. The van der Waals surface area contributed by atoms with Gasteiger partial charge in [0.2, 0.25) is 0 Å². The Morgan fingerprint density at radius 2 is 2.06 bits per heavy atom. The van der Waals surface area contributed by atoms with Crippen molar-refractivity contribution in [2.24, 2.45) is 5.92 Å². The normalized spacial score (nSPS) is 25.3. The predicted octanol–water partition coefficient (Wildman–Crippen LogP) is 3.33. The van der Waals surface area contributed by atoms with Crippen molar-refractivity contribution in [3.63, 3.8) is 0 Å². The Labute approximate surface area is 97.1 Å². The summed E-state index contributed by atoms with van der Waals surface area (Å²) in [6.45, 7) is 1.70. The van der Waals surface area contributed by atoms with E-state index < -0.39 is 0 Å². The van der Waals surface area contributed by atoms with Crippen LogP contribution in [0.5, 0.6) is 0 Å². The van der Waals surface area contributed by atoms with Crippen LogP contribution in [-0.2, 0) is 4.79 Å². The minimum absolute atomic E-state index is 0.335. The van der Waals surface area contributed by atoms with Crippen LogP contribution in [0.15, 0.2) is 24.4 Å². The molecule has 0 unspecified atom stereocenters. The number of ketones is 1. The molecule has 1 aliphatic carbocycles. The smallest absolute Gasteiger partial charge is 0.130 e. The number of carbonyl (C=O) groups is 1. The van der Waals surface area contributed by atoms with Gasteiger partial charge in [-0.15, -0.1) is 0 Å². The Morgan fingerprint density at radius 1 is 1.31 bits per heavy atom. The van der Waals surface area contributed by atoms with E-state index in [-0.39, 0.29) is 0 Å². The first kappa shape index (κ1) is 11.3. The maximum atomic E-state index is 11.1. The maximum absolute atomic E-state index is 11.1. The summed E-state index contributed by atoms with van der Waals surface area (Å²) >= 11 is 0. The molecule has 0 bridgehead atoms. The molecule has 0 atom stereocenters. The van der Waals surface area contributed by atoms with Crippen molar-refractivity contribution in [2.45, 2.75) is 44.9 Å². The highest BCUT2D eigenvalue weighted by Gasteiger charge is 2.23. The Hall–Kier alpha value is -1.18. The van der Waals surface area contributed by atoms with Gasteiger partial charge in [-0.25, -0.2) is 0 Å². The summed E-state index contributed by atoms with van der Waals surface area (Å²) in [6, 6.07) is 6.14. The molecule has 1 saturated carbocycles. The molecule has 1 aromatic rings. The van der Waals surface area contributed by atoms with Crippen LogP contribution in [0.25, 0.3) is 0 Å². The SMILES string of the molecule is CC(=O)CC1CCC(c2ccccn2)CC1. The van der Waals surface area contributed by atoms with Crippen LogP contribution in [0, 0.1) is 5.92 Å². The minimum atomic E-state index is 0.335. The molecule has 0 aliphatic heterocycles. The van der Waals surface area contributed by atoms with Crippen molar-refractivity contribution in [3.05, 3.63) is 30.1 Å². The molecule has 2 nitrogen and oxygen atoms in total. The van der Waals surface area contributed by atoms with E-state index in [0.29, 0.717) is 17.6 Å². The van der Waals surface area contributed by atoms with Crippen molar-refractivity contribution in [2.75, 3.05) is 0 Å². The number of nitrogens with zero attached hydrogens (tertiary/aromatic N) is 1. The Balaban J connectivity index is 1.88. The molecule has 86 valence electrons. The first-order valence-electron chi connectivity index (χ1n) is 6.16. The summed E-state index contributed by atoms with van der Waals surface area (Å²) in [4.78, 5) is 15.5. The van der Waals surface area contributed by atoms with E-state index in [9.17, 15) is 4.79 Å². The average molecular weight is 217 g/mol. The number of carbonyl (C=O) groups excluding carboxylic acids is 1. The first-order chi connectivity index (χ1) is 7.75. The summed E-state index contributed by atoms with van der Waals surface area (Å²) in [5.74, 6) is 1.57. The molecule has 1 aromatic heterocycles. The van der Waals surface area contributed by atoms with Crippen molar-refractivity contribution < 1.29 is 4.79 Å². The van der Waals surface area contributed by atoms with Gasteiger partial charge in [0.05, 0.1) is 0 Å². The molecule has 1 aliphatic rings. The van der Waals surface area contributed by atoms with Crippen molar-refractivity contribution in [3.8, 4) is 0 Å². The zero-order valence-corrected chi connectivity index (χ0v) is 9.86. The lowest BCUT2D eigenvalue weighted by Crippen LogP contribution is -2.16. The van der Waals surface area contributed by atoms with Crippen LogP contribution >= 0.6 is 0 Å². The fraction of sp³-hybridized carbons (Fsp3) is 0.571.